The third-order valence-electron chi connectivity index (χ3n) is 2.55. The number of aliphatic hydroxyl groups excluding tert-OH is 1. The van der Waals surface area contributed by atoms with E-state index in [1.165, 1.54) is 6.20 Å². The van der Waals surface area contributed by atoms with Crippen molar-refractivity contribution in [3.05, 3.63) is 51.1 Å². The molecule has 0 bridgehead atoms. The lowest BCUT2D eigenvalue weighted by molar-refractivity contribution is 0.221. The van der Waals surface area contributed by atoms with E-state index in [1.54, 1.807) is 24.3 Å². The Bertz CT molecular complexity index is 540. The standard InChI is InChI=1S/C12H11BrClN3O/c13-6-1-2-10(15)8(3-6)11(18)9-4-7(14)5-17-12(9)16/h1-5,11,18H,15H2,(H2,16,17). The third-order valence-corrected chi connectivity index (χ3v) is 3.25. The van der Waals surface area contributed by atoms with E-state index in [2.05, 4.69) is 20.9 Å². The van der Waals surface area contributed by atoms with Crippen LogP contribution in [0.2, 0.25) is 5.02 Å². The summed E-state index contributed by atoms with van der Waals surface area (Å²) < 4.78 is 0.819. The molecule has 2 aromatic rings. The lowest BCUT2D eigenvalue weighted by atomic mass is 10.0. The number of rotatable bonds is 2. The van der Waals surface area contributed by atoms with Gasteiger partial charge in [-0.3, -0.25) is 0 Å². The summed E-state index contributed by atoms with van der Waals surface area (Å²) in [6, 6.07) is 6.82. The molecule has 0 aliphatic carbocycles. The average molecular weight is 329 g/mol. The number of hydrogen-bond donors (Lipinski definition) is 3. The predicted octanol–water partition coefficient (Wildman–Crippen LogP) is 2.74. The highest BCUT2D eigenvalue weighted by atomic mass is 79.9. The monoisotopic (exact) mass is 327 g/mol. The molecule has 0 aliphatic heterocycles. The van der Waals surface area contributed by atoms with Gasteiger partial charge in [0.15, 0.2) is 0 Å². The molecule has 6 heteroatoms. The Morgan fingerprint density at radius 3 is 2.67 bits per heavy atom. The van der Waals surface area contributed by atoms with Crippen molar-refractivity contribution < 1.29 is 5.11 Å². The van der Waals surface area contributed by atoms with E-state index in [0.29, 0.717) is 21.8 Å². The number of aliphatic hydroxyl groups is 1. The first kappa shape index (κ1) is 13.1. The van der Waals surface area contributed by atoms with Gasteiger partial charge in [-0.05, 0) is 24.3 Å². The summed E-state index contributed by atoms with van der Waals surface area (Å²) in [5.74, 6) is 0.228. The van der Waals surface area contributed by atoms with Crippen molar-refractivity contribution in [2.24, 2.45) is 0 Å². The smallest absolute Gasteiger partial charge is 0.129 e. The maximum Gasteiger partial charge on any atom is 0.129 e. The number of aromatic nitrogens is 1. The van der Waals surface area contributed by atoms with E-state index in [1.807, 2.05) is 0 Å². The molecule has 0 saturated carbocycles. The topological polar surface area (TPSA) is 85.2 Å². The highest BCUT2D eigenvalue weighted by Crippen LogP contribution is 2.32. The number of halogens is 2. The lowest BCUT2D eigenvalue weighted by Crippen LogP contribution is -2.07. The second-order valence-corrected chi connectivity index (χ2v) is 5.16. The van der Waals surface area contributed by atoms with Crippen LogP contribution in [-0.2, 0) is 0 Å². The third kappa shape index (κ3) is 2.58. The van der Waals surface area contributed by atoms with Gasteiger partial charge in [0.1, 0.15) is 11.9 Å². The van der Waals surface area contributed by atoms with E-state index in [-0.39, 0.29) is 5.82 Å². The fourth-order valence-electron chi connectivity index (χ4n) is 1.63. The molecule has 2 rings (SSSR count). The van der Waals surface area contributed by atoms with Crippen LogP contribution in [0.5, 0.6) is 0 Å². The van der Waals surface area contributed by atoms with E-state index >= 15 is 0 Å². The van der Waals surface area contributed by atoms with E-state index in [0.717, 1.165) is 4.47 Å². The molecule has 0 saturated heterocycles. The molecule has 1 heterocycles. The molecule has 0 spiro atoms. The zero-order valence-corrected chi connectivity index (χ0v) is 11.6. The molecular formula is C12H11BrClN3O. The molecule has 1 unspecified atom stereocenters. The zero-order valence-electron chi connectivity index (χ0n) is 9.27. The molecule has 1 aromatic carbocycles. The van der Waals surface area contributed by atoms with Crippen molar-refractivity contribution in [2.75, 3.05) is 11.5 Å². The molecule has 4 nitrogen and oxygen atoms in total. The molecule has 0 fully saturated rings. The quantitative estimate of drug-likeness (QED) is 0.740. The van der Waals surface area contributed by atoms with Gasteiger partial charge >= 0.3 is 0 Å². The molecule has 18 heavy (non-hydrogen) atoms. The van der Waals surface area contributed by atoms with Gasteiger partial charge in [0.2, 0.25) is 0 Å². The number of hydrogen-bond acceptors (Lipinski definition) is 4. The highest BCUT2D eigenvalue weighted by Gasteiger charge is 2.17. The zero-order chi connectivity index (χ0) is 13.3. The van der Waals surface area contributed by atoms with Gasteiger partial charge in [-0.2, -0.15) is 0 Å². The fourth-order valence-corrected chi connectivity index (χ4v) is 2.18. The number of anilines is 2. The number of pyridine rings is 1. The molecular weight excluding hydrogens is 318 g/mol. The Balaban J connectivity index is 2.50. The Hall–Kier alpha value is -1.30. The van der Waals surface area contributed by atoms with Crippen molar-refractivity contribution >= 4 is 39.0 Å². The normalized spacial score (nSPS) is 12.4. The summed E-state index contributed by atoms with van der Waals surface area (Å²) in [7, 11) is 0. The maximum atomic E-state index is 10.3. The average Bonchev–Trinajstić information content (AvgIpc) is 2.34. The summed E-state index contributed by atoms with van der Waals surface area (Å²) in [4.78, 5) is 3.91. The van der Waals surface area contributed by atoms with E-state index in [4.69, 9.17) is 23.1 Å². The van der Waals surface area contributed by atoms with Gasteiger partial charge in [0.25, 0.3) is 0 Å². The van der Waals surface area contributed by atoms with E-state index in [9.17, 15) is 5.11 Å². The molecule has 1 aromatic heterocycles. The molecule has 0 aliphatic rings. The van der Waals surface area contributed by atoms with Gasteiger partial charge in [-0.25, -0.2) is 4.98 Å². The summed E-state index contributed by atoms with van der Waals surface area (Å²) >= 11 is 9.18. The van der Waals surface area contributed by atoms with Gasteiger partial charge in [-0.1, -0.05) is 27.5 Å². The van der Waals surface area contributed by atoms with Gasteiger partial charge in [0, 0.05) is 27.5 Å². The summed E-state index contributed by atoms with van der Waals surface area (Å²) in [5.41, 5.74) is 13.0. The summed E-state index contributed by atoms with van der Waals surface area (Å²) in [6.45, 7) is 0. The molecule has 0 radical (unpaired) electrons. The Kier molecular flexibility index (Phi) is 3.75. The van der Waals surface area contributed by atoms with Gasteiger partial charge in [-0.15, -0.1) is 0 Å². The van der Waals surface area contributed by atoms with Crippen LogP contribution in [0.4, 0.5) is 11.5 Å². The number of nitrogen functional groups attached to an aromatic ring is 2. The number of nitrogens with two attached hydrogens (primary N) is 2. The second kappa shape index (κ2) is 5.14. The van der Waals surface area contributed by atoms with Crippen LogP contribution in [0, 0.1) is 0 Å². The van der Waals surface area contributed by atoms with Crippen LogP contribution in [0.3, 0.4) is 0 Å². The van der Waals surface area contributed by atoms with Crippen molar-refractivity contribution in [1.29, 1.82) is 0 Å². The largest absolute Gasteiger partial charge is 0.398 e. The van der Waals surface area contributed by atoms with Crippen LogP contribution in [-0.4, -0.2) is 10.1 Å². The van der Waals surface area contributed by atoms with Crippen molar-refractivity contribution in [3.8, 4) is 0 Å². The predicted molar refractivity (Wildman–Crippen MR) is 76.3 cm³/mol. The first-order chi connectivity index (χ1) is 8.49. The highest BCUT2D eigenvalue weighted by molar-refractivity contribution is 9.10. The molecule has 5 N–H and O–H groups in total. The van der Waals surface area contributed by atoms with Gasteiger partial charge in [0.05, 0.1) is 5.02 Å². The Labute approximate surface area is 118 Å². The Morgan fingerprint density at radius 2 is 1.94 bits per heavy atom. The van der Waals surface area contributed by atoms with Crippen LogP contribution in [0.1, 0.15) is 17.2 Å². The summed E-state index contributed by atoms with van der Waals surface area (Å²) in [5, 5.41) is 10.7. The molecule has 94 valence electrons. The molecule has 0 amide bonds. The van der Waals surface area contributed by atoms with Crippen LogP contribution in [0.25, 0.3) is 0 Å². The first-order valence-electron chi connectivity index (χ1n) is 5.13. The second-order valence-electron chi connectivity index (χ2n) is 3.80. The minimum absolute atomic E-state index is 0.228. The Morgan fingerprint density at radius 1 is 1.22 bits per heavy atom. The fraction of sp³-hybridized carbons (Fsp3) is 0.0833. The van der Waals surface area contributed by atoms with Crippen molar-refractivity contribution in [3.63, 3.8) is 0 Å². The first-order valence-corrected chi connectivity index (χ1v) is 6.30. The minimum Gasteiger partial charge on any atom is -0.398 e. The number of benzene rings is 1. The lowest BCUT2D eigenvalue weighted by Gasteiger charge is -2.15. The SMILES string of the molecule is Nc1ccc(Br)cc1C(O)c1cc(Cl)cnc1N. The maximum absolute atomic E-state index is 10.3. The van der Waals surface area contributed by atoms with Crippen LogP contribution >= 0.6 is 27.5 Å². The minimum atomic E-state index is -0.964. The summed E-state index contributed by atoms with van der Waals surface area (Å²) in [6.07, 6.45) is 0.464. The van der Waals surface area contributed by atoms with Crippen LogP contribution in [0.15, 0.2) is 34.9 Å². The van der Waals surface area contributed by atoms with Crippen molar-refractivity contribution in [2.45, 2.75) is 6.10 Å². The molecule has 1 atom stereocenters. The van der Waals surface area contributed by atoms with Crippen molar-refractivity contribution in [1.82, 2.24) is 4.98 Å². The number of nitrogens with zero attached hydrogens (tertiary/aromatic N) is 1. The van der Waals surface area contributed by atoms with Gasteiger partial charge < -0.3 is 16.6 Å². The van der Waals surface area contributed by atoms with E-state index < -0.39 is 6.10 Å². The van der Waals surface area contributed by atoms with Crippen LogP contribution < -0.4 is 11.5 Å².